The van der Waals surface area contributed by atoms with Gasteiger partial charge in [-0.15, -0.1) is 0 Å². The average Bonchev–Trinajstić information content (AvgIpc) is 2.41. The lowest BCUT2D eigenvalue weighted by Gasteiger charge is -2.06. The van der Waals surface area contributed by atoms with Crippen LogP contribution in [0, 0.1) is 15.9 Å². The van der Waals surface area contributed by atoms with Gasteiger partial charge in [0, 0.05) is 16.5 Å². The van der Waals surface area contributed by atoms with Crippen molar-refractivity contribution in [2.24, 2.45) is 0 Å². The van der Waals surface area contributed by atoms with Crippen molar-refractivity contribution in [2.45, 2.75) is 9.79 Å². The number of nitro benzene ring substituents is 1. The Bertz CT molecular complexity index is 673. The lowest BCUT2D eigenvalue weighted by atomic mass is 10.2. The van der Waals surface area contributed by atoms with Crippen LogP contribution in [-0.4, -0.2) is 10.9 Å². The molecule has 0 radical (unpaired) electrons. The van der Waals surface area contributed by atoms with Crippen LogP contribution in [0.1, 0.15) is 10.4 Å². The van der Waals surface area contributed by atoms with E-state index in [1.807, 2.05) is 0 Å². The molecule has 0 saturated carbocycles. The minimum Gasteiger partial charge on any atom is -0.545 e. The molecule has 102 valence electrons. The number of aromatic carboxylic acids is 1. The van der Waals surface area contributed by atoms with Crippen LogP contribution in [0.3, 0.4) is 0 Å². The third-order valence-electron chi connectivity index (χ3n) is 2.43. The zero-order valence-electron chi connectivity index (χ0n) is 9.91. The third-order valence-corrected chi connectivity index (χ3v) is 3.51. The van der Waals surface area contributed by atoms with E-state index in [-0.39, 0.29) is 16.1 Å². The maximum atomic E-state index is 12.8. The maximum Gasteiger partial charge on any atom is 0.283 e. The molecule has 0 heterocycles. The number of carboxylic acids is 1. The van der Waals surface area contributed by atoms with Gasteiger partial charge in [-0.3, -0.25) is 10.1 Å². The Morgan fingerprint density at radius 1 is 1.15 bits per heavy atom. The van der Waals surface area contributed by atoms with E-state index >= 15 is 0 Å². The lowest BCUT2D eigenvalue weighted by Crippen LogP contribution is -2.22. The van der Waals surface area contributed by atoms with Crippen molar-refractivity contribution in [2.75, 3.05) is 0 Å². The summed E-state index contributed by atoms with van der Waals surface area (Å²) >= 11 is 1.05. The summed E-state index contributed by atoms with van der Waals surface area (Å²) < 4.78 is 12.8. The van der Waals surface area contributed by atoms with Crippen LogP contribution < -0.4 is 5.11 Å². The normalized spacial score (nSPS) is 10.2. The first-order chi connectivity index (χ1) is 9.47. The van der Waals surface area contributed by atoms with Crippen molar-refractivity contribution in [3.8, 4) is 0 Å². The predicted octanol–water partition coefficient (Wildman–Crippen LogP) is 2.25. The van der Waals surface area contributed by atoms with Crippen LogP contribution in [0.2, 0.25) is 0 Å². The van der Waals surface area contributed by atoms with Gasteiger partial charge in [0.05, 0.1) is 15.8 Å². The number of nitrogens with zero attached hydrogens (tertiary/aromatic N) is 1. The number of halogens is 1. The van der Waals surface area contributed by atoms with Crippen LogP contribution in [0.25, 0.3) is 0 Å². The van der Waals surface area contributed by atoms with Crippen LogP contribution in [0.5, 0.6) is 0 Å². The predicted molar refractivity (Wildman–Crippen MR) is 67.9 cm³/mol. The van der Waals surface area contributed by atoms with E-state index in [0.717, 1.165) is 17.8 Å². The molecule has 0 fully saturated rings. The Balaban J connectivity index is 2.38. The molecule has 0 aromatic heterocycles. The average molecular weight is 292 g/mol. The Kier molecular flexibility index (Phi) is 3.99. The summed E-state index contributed by atoms with van der Waals surface area (Å²) in [4.78, 5) is 21.9. The minimum absolute atomic E-state index is 0.264. The van der Waals surface area contributed by atoms with Gasteiger partial charge in [-0.2, -0.15) is 0 Å². The Morgan fingerprint density at radius 2 is 1.80 bits per heavy atom. The van der Waals surface area contributed by atoms with Crippen molar-refractivity contribution in [1.29, 1.82) is 0 Å². The van der Waals surface area contributed by atoms with Gasteiger partial charge in [0.2, 0.25) is 0 Å². The van der Waals surface area contributed by atoms with Gasteiger partial charge < -0.3 is 9.90 Å². The van der Waals surface area contributed by atoms with Crippen molar-refractivity contribution < 1.29 is 19.2 Å². The summed E-state index contributed by atoms with van der Waals surface area (Å²) in [6, 6.07) is 8.95. The molecule has 5 nitrogen and oxygen atoms in total. The van der Waals surface area contributed by atoms with Crippen LogP contribution in [0.4, 0.5) is 10.1 Å². The van der Waals surface area contributed by atoms with E-state index in [2.05, 4.69) is 0 Å². The topological polar surface area (TPSA) is 83.3 Å². The molecule has 0 aliphatic rings. The zero-order valence-corrected chi connectivity index (χ0v) is 10.7. The maximum absolute atomic E-state index is 12.8. The fraction of sp³-hybridized carbons (Fsp3) is 0. The monoisotopic (exact) mass is 292 g/mol. The lowest BCUT2D eigenvalue weighted by molar-refractivity contribution is -0.387. The third kappa shape index (κ3) is 3.12. The molecule has 0 aliphatic heterocycles. The molecule has 2 aromatic carbocycles. The highest BCUT2D eigenvalue weighted by molar-refractivity contribution is 7.99. The van der Waals surface area contributed by atoms with E-state index in [0.29, 0.717) is 4.90 Å². The van der Waals surface area contributed by atoms with Gasteiger partial charge in [-0.1, -0.05) is 17.8 Å². The van der Waals surface area contributed by atoms with E-state index in [9.17, 15) is 24.4 Å². The van der Waals surface area contributed by atoms with E-state index in [1.165, 1.54) is 36.4 Å². The summed E-state index contributed by atoms with van der Waals surface area (Å²) in [6.45, 7) is 0. The summed E-state index contributed by atoms with van der Waals surface area (Å²) in [5.41, 5.74) is -0.596. The number of carboxylic acid groups (broad SMARTS) is 1. The molecule has 7 heteroatoms. The van der Waals surface area contributed by atoms with Gasteiger partial charge in [0.1, 0.15) is 5.82 Å². The standard InChI is InChI=1S/C13H8FNO4S/c14-9-2-4-10(5-3-9)20-12-6-1-8(13(16)17)7-11(12)15(18)19/h1-7H,(H,16,17)/p-1. The largest absolute Gasteiger partial charge is 0.545 e. The smallest absolute Gasteiger partial charge is 0.283 e. The number of carbonyl (C=O) groups excluding carboxylic acids is 1. The molecule has 0 amide bonds. The molecule has 0 aliphatic carbocycles. The number of hydrogen-bond donors (Lipinski definition) is 0. The molecule has 0 atom stereocenters. The number of carbonyl (C=O) groups is 1. The second-order valence-corrected chi connectivity index (χ2v) is 4.90. The van der Waals surface area contributed by atoms with Crippen LogP contribution in [-0.2, 0) is 0 Å². The highest BCUT2D eigenvalue weighted by Gasteiger charge is 2.16. The molecule has 0 unspecified atom stereocenters. The first-order valence-corrected chi connectivity index (χ1v) is 6.22. The van der Waals surface area contributed by atoms with Crippen molar-refractivity contribution in [3.05, 3.63) is 64.0 Å². The summed E-state index contributed by atoms with van der Waals surface area (Å²) in [6.07, 6.45) is 0. The molecular formula is C13H7FNO4S-. The van der Waals surface area contributed by atoms with Crippen molar-refractivity contribution in [1.82, 2.24) is 0 Å². The quantitative estimate of drug-likeness (QED) is 0.637. The van der Waals surface area contributed by atoms with Gasteiger partial charge >= 0.3 is 0 Å². The first-order valence-electron chi connectivity index (χ1n) is 5.40. The number of rotatable bonds is 4. The molecule has 0 bridgehead atoms. The summed E-state index contributed by atoms with van der Waals surface area (Å²) in [7, 11) is 0. The van der Waals surface area contributed by atoms with Gasteiger partial charge in [0.15, 0.2) is 0 Å². The SMILES string of the molecule is O=C([O-])c1ccc(Sc2ccc(F)cc2)c([N+](=O)[O-])c1. The second-order valence-electron chi connectivity index (χ2n) is 3.78. The fourth-order valence-corrected chi connectivity index (χ4v) is 2.40. The molecule has 0 spiro atoms. The molecule has 2 aromatic rings. The summed E-state index contributed by atoms with van der Waals surface area (Å²) in [5.74, 6) is -1.89. The zero-order chi connectivity index (χ0) is 14.7. The Morgan fingerprint density at radius 3 is 2.35 bits per heavy atom. The van der Waals surface area contributed by atoms with Gasteiger partial charge in [-0.05, 0) is 30.3 Å². The Hall–Kier alpha value is -2.41. The van der Waals surface area contributed by atoms with Gasteiger partial charge in [-0.25, -0.2) is 4.39 Å². The molecule has 20 heavy (non-hydrogen) atoms. The highest BCUT2D eigenvalue weighted by atomic mass is 32.2. The van der Waals surface area contributed by atoms with E-state index in [1.54, 1.807) is 0 Å². The molecule has 0 N–H and O–H groups in total. The minimum atomic E-state index is -1.48. The van der Waals surface area contributed by atoms with Crippen molar-refractivity contribution >= 4 is 23.4 Å². The van der Waals surface area contributed by atoms with Crippen molar-refractivity contribution in [3.63, 3.8) is 0 Å². The van der Waals surface area contributed by atoms with Crippen LogP contribution in [0.15, 0.2) is 52.3 Å². The highest BCUT2D eigenvalue weighted by Crippen LogP contribution is 2.35. The molecule has 0 saturated heterocycles. The number of nitro groups is 1. The second kappa shape index (κ2) is 5.70. The van der Waals surface area contributed by atoms with Gasteiger partial charge in [0.25, 0.3) is 5.69 Å². The summed E-state index contributed by atoms with van der Waals surface area (Å²) in [5, 5.41) is 21.7. The fourth-order valence-electron chi connectivity index (χ4n) is 1.50. The Labute approximate surface area is 117 Å². The number of hydrogen-bond acceptors (Lipinski definition) is 5. The van der Waals surface area contributed by atoms with E-state index in [4.69, 9.17) is 0 Å². The molecule has 2 rings (SSSR count). The number of benzene rings is 2. The molecular weight excluding hydrogens is 285 g/mol. The first kappa shape index (κ1) is 14.0. The van der Waals surface area contributed by atoms with Crippen LogP contribution >= 0.6 is 11.8 Å². The van der Waals surface area contributed by atoms with E-state index < -0.39 is 16.7 Å².